The van der Waals surface area contributed by atoms with Gasteiger partial charge in [-0.3, -0.25) is 5.32 Å². The number of ether oxygens (including phenoxy) is 2. The molecular formula is C26H22N2O5. The molecule has 0 atom stereocenters. The molecular weight excluding hydrogens is 420 g/mol. The van der Waals surface area contributed by atoms with Crippen molar-refractivity contribution >= 4 is 18.1 Å². The minimum Gasteiger partial charge on any atom is -0.493 e. The lowest BCUT2D eigenvalue weighted by Crippen LogP contribution is -2.11. The summed E-state index contributed by atoms with van der Waals surface area (Å²) >= 11 is 0. The van der Waals surface area contributed by atoms with Gasteiger partial charge in [0.05, 0.1) is 12.3 Å². The zero-order chi connectivity index (χ0) is 23.0. The molecule has 2 aromatic carbocycles. The maximum atomic E-state index is 11.3. The lowest BCUT2D eigenvalue weighted by atomic mass is 10.2. The second-order valence-corrected chi connectivity index (χ2v) is 7.18. The van der Waals surface area contributed by atoms with Gasteiger partial charge in [0, 0.05) is 12.0 Å². The number of cyclic esters (lactones) is 2. The highest BCUT2D eigenvalue weighted by Gasteiger charge is 2.25. The molecule has 33 heavy (non-hydrogen) atoms. The number of carbonyl (C=O) groups is 2. The van der Waals surface area contributed by atoms with Crippen LogP contribution in [-0.4, -0.2) is 23.7 Å². The minimum absolute atomic E-state index is 0.114. The van der Waals surface area contributed by atoms with E-state index in [0.29, 0.717) is 18.9 Å². The molecule has 1 fully saturated rings. The molecule has 2 heterocycles. The van der Waals surface area contributed by atoms with Crippen molar-refractivity contribution in [3.05, 3.63) is 102 Å². The van der Waals surface area contributed by atoms with Crippen LogP contribution in [0.25, 0.3) is 17.5 Å². The highest BCUT2D eigenvalue weighted by Crippen LogP contribution is 2.22. The summed E-state index contributed by atoms with van der Waals surface area (Å²) in [7, 11) is 0. The van der Waals surface area contributed by atoms with Crippen molar-refractivity contribution in [2.45, 2.75) is 13.3 Å². The molecule has 1 aliphatic heterocycles. The molecule has 0 bridgehead atoms. The summed E-state index contributed by atoms with van der Waals surface area (Å²) in [6.45, 7) is 2.41. The van der Waals surface area contributed by atoms with Crippen molar-refractivity contribution in [1.29, 1.82) is 0 Å². The predicted octanol–water partition coefficient (Wildman–Crippen LogP) is 4.99. The SMILES string of the molecule is Cc1oc(-c2ccccc2)nc1CCOc1ccc(C=CC=CC=C2NC(=O)OC2=O)cc1. The molecule has 7 heteroatoms. The Labute approximate surface area is 191 Å². The fraction of sp³-hybridized carbons (Fsp3) is 0.115. The first-order valence-electron chi connectivity index (χ1n) is 10.4. The van der Waals surface area contributed by atoms with Gasteiger partial charge in [-0.2, -0.15) is 0 Å². The average molecular weight is 442 g/mol. The summed E-state index contributed by atoms with van der Waals surface area (Å²) in [4.78, 5) is 26.8. The van der Waals surface area contributed by atoms with Gasteiger partial charge in [0.25, 0.3) is 0 Å². The van der Waals surface area contributed by atoms with Gasteiger partial charge in [-0.25, -0.2) is 14.6 Å². The van der Waals surface area contributed by atoms with E-state index in [9.17, 15) is 9.59 Å². The van der Waals surface area contributed by atoms with E-state index < -0.39 is 12.1 Å². The van der Waals surface area contributed by atoms with Crippen molar-refractivity contribution in [3.63, 3.8) is 0 Å². The summed E-state index contributed by atoms with van der Waals surface area (Å²) < 4.78 is 16.0. The number of hydrogen-bond acceptors (Lipinski definition) is 6. The van der Waals surface area contributed by atoms with Crippen LogP contribution in [0.4, 0.5) is 4.79 Å². The van der Waals surface area contributed by atoms with Crippen LogP contribution in [0.2, 0.25) is 0 Å². The summed E-state index contributed by atoms with van der Waals surface area (Å²) in [5.74, 6) is 1.51. The Morgan fingerprint density at radius 1 is 1.00 bits per heavy atom. The number of nitrogens with one attached hydrogen (secondary N) is 1. The van der Waals surface area contributed by atoms with Crippen molar-refractivity contribution in [2.24, 2.45) is 0 Å². The number of esters is 1. The number of aromatic nitrogens is 1. The maximum Gasteiger partial charge on any atom is 0.419 e. The number of hydrogen-bond donors (Lipinski definition) is 1. The monoisotopic (exact) mass is 442 g/mol. The molecule has 0 radical (unpaired) electrons. The lowest BCUT2D eigenvalue weighted by Gasteiger charge is -2.05. The normalized spacial score (nSPS) is 14.9. The van der Waals surface area contributed by atoms with Gasteiger partial charge >= 0.3 is 12.1 Å². The van der Waals surface area contributed by atoms with E-state index in [2.05, 4.69) is 15.0 Å². The van der Waals surface area contributed by atoms with Crippen LogP contribution >= 0.6 is 0 Å². The first-order valence-corrected chi connectivity index (χ1v) is 10.4. The standard InChI is InChI=1S/C26H22N2O5/c1-18-22(27-24(32-18)20-9-5-3-6-10-20)16-17-31-21-14-12-19(13-15-21)8-4-2-7-11-23-25(29)33-26(30)28-23/h2-15H,16-17H2,1H3,(H,28,30). The summed E-state index contributed by atoms with van der Waals surface area (Å²) in [5.41, 5.74) is 2.95. The van der Waals surface area contributed by atoms with E-state index in [4.69, 9.17) is 9.15 Å². The molecule has 1 N–H and O–H groups in total. The summed E-state index contributed by atoms with van der Waals surface area (Å²) in [6, 6.07) is 17.5. The number of aryl methyl sites for hydroxylation is 1. The molecule has 0 unspecified atom stereocenters. The molecule has 7 nitrogen and oxygen atoms in total. The van der Waals surface area contributed by atoms with E-state index in [1.165, 1.54) is 6.08 Å². The lowest BCUT2D eigenvalue weighted by molar-refractivity contribution is -0.130. The summed E-state index contributed by atoms with van der Waals surface area (Å²) in [6.07, 6.45) is 8.50. The molecule has 0 spiro atoms. The highest BCUT2D eigenvalue weighted by molar-refractivity contribution is 6.04. The van der Waals surface area contributed by atoms with Crippen LogP contribution in [0.1, 0.15) is 17.0 Å². The van der Waals surface area contributed by atoms with Gasteiger partial charge < -0.3 is 13.9 Å². The van der Waals surface area contributed by atoms with Gasteiger partial charge in [-0.05, 0) is 42.8 Å². The van der Waals surface area contributed by atoms with E-state index in [-0.39, 0.29) is 5.70 Å². The van der Waals surface area contributed by atoms with E-state index in [1.807, 2.05) is 73.7 Å². The van der Waals surface area contributed by atoms with E-state index in [0.717, 1.165) is 28.3 Å². The van der Waals surface area contributed by atoms with Crippen LogP contribution in [0.15, 0.2) is 89.0 Å². The van der Waals surface area contributed by atoms with Gasteiger partial charge in [0.2, 0.25) is 5.89 Å². The van der Waals surface area contributed by atoms with Gasteiger partial charge in [-0.1, -0.05) is 54.6 Å². The Hall–Kier alpha value is -4.39. The Bertz CT molecular complexity index is 1220. The van der Waals surface area contributed by atoms with Crippen molar-refractivity contribution in [3.8, 4) is 17.2 Å². The topological polar surface area (TPSA) is 90.7 Å². The molecule has 1 saturated heterocycles. The number of amides is 1. The molecule has 1 amide bonds. The first-order chi connectivity index (χ1) is 16.1. The number of rotatable bonds is 8. The zero-order valence-electron chi connectivity index (χ0n) is 18.0. The molecule has 1 aromatic heterocycles. The van der Waals surface area contributed by atoms with E-state index >= 15 is 0 Å². The molecule has 1 aliphatic rings. The van der Waals surface area contributed by atoms with Crippen LogP contribution in [-0.2, 0) is 16.0 Å². The van der Waals surface area contributed by atoms with Crippen LogP contribution in [0, 0.1) is 6.92 Å². The molecule has 0 saturated carbocycles. The summed E-state index contributed by atoms with van der Waals surface area (Å²) in [5, 5.41) is 2.31. The van der Waals surface area contributed by atoms with Crippen LogP contribution in [0.5, 0.6) is 5.75 Å². The minimum atomic E-state index is -0.759. The van der Waals surface area contributed by atoms with E-state index in [1.54, 1.807) is 12.2 Å². The average Bonchev–Trinajstić information content (AvgIpc) is 3.35. The third-order valence-electron chi connectivity index (χ3n) is 4.82. The molecule has 0 aliphatic carbocycles. The zero-order valence-corrected chi connectivity index (χ0v) is 18.0. The Morgan fingerprint density at radius 2 is 1.79 bits per heavy atom. The van der Waals surface area contributed by atoms with Crippen LogP contribution < -0.4 is 10.1 Å². The molecule has 4 rings (SSSR count). The second-order valence-electron chi connectivity index (χ2n) is 7.18. The molecule has 3 aromatic rings. The Kier molecular flexibility index (Phi) is 6.80. The number of benzene rings is 2. The quantitative estimate of drug-likeness (QED) is 0.229. The molecule has 166 valence electrons. The van der Waals surface area contributed by atoms with Crippen molar-refractivity contribution in [2.75, 3.05) is 6.61 Å². The van der Waals surface area contributed by atoms with Gasteiger partial charge in [0.15, 0.2) is 0 Å². The number of oxazole rings is 1. The first kappa shape index (κ1) is 21.8. The number of carbonyl (C=O) groups excluding carboxylic acids is 2. The third kappa shape index (κ3) is 5.86. The van der Waals surface area contributed by atoms with Gasteiger partial charge in [-0.15, -0.1) is 0 Å². The second kappa shape index (κ2) is 10.3. The third-order valence-corrected chi connectivity index (χ3v) is 4.82. The number of alkyl carbamates (subject to hydrolysis) is 1. The van der Waals surface area contributed by atoms with Crippen LogP contribution in [0.3, 0.4) is 0 Å². The Morgan fingerprint density at radius 3 is 2.52 bits per heavy atom. The van der Waals surface area contributed by atoms with Gasteiger partial charge in [0.1, 0.15) is 17.2 Å². The highest BCUT2D eigenvalue weighted by atomic mass is 16.6. The van der Waals surface area contributed by atoms with Crippen molar-refractivity contribution in [1.82, 2.24) is 10.3 Å². The smallest absolute Gasteiger partial charge is 0.419 e. The fourth-order valence-electron chi connectivity index (χ4n) is 3.12. The predicted molar refractivity (Wildman–Crippen MR) is 123 cm³/mol. The number of allylic oxidation sites excluding steroid dienone is 4. The number of nitrogens with zero attached hydrogens (tertiary/aromatic N) is 1. The fourth-order valence-corrected chi connectivity index (χ4v) is 3.12. The van der Waals surface area contributed by atoms with Crippen molar-refractivity contribution < 1.29 is 23.5 Å². The maximum absolute atomic E-state index is 11.3. The Balaban J connectivity index is 1.25. The largest absolute Gasteiger partial charge is 0.493 e.